The molecule has 22 heavy (non-hydrogen) atoms. The van der Waals surface area contributed by atoms with Gasteiger partial charge in [-0.1, -0.05) is 56.3 Å². The molecule has 0 aliphatic heterocycles. The van der Waals surface area contributed by atoms with Gasteiger partial charge >= 0.3 is 0 Å². The predicted octanol–water partition coefficient (Wildman–Crippen LogP) is 2.77. The fraction of sp³-hybridized carbons (Fsp3) is 0.278. The van der Waals surface area contributed by atoms with Crippen molar-refractivity contribution in [1.82, 2.24) is 5.43 Å². The molecule has 0 aromatic heterocycles. The smallest absolute Gasteiger partial charge is 0.274 e. The van der Waals surface area contributed by atoms with Crippen LogP contribution in [0.25, 0.3) is 0 Å². The molecule has 0 heterocycles. The number of rotatable bonds is 5. The first kappa shape index (κ1) is 16.0. The highest BCUT2D eigenvalue weighted by atomic mass is 16.5. The van der Waals surface area contributed by atoms with Crippen molar-refractivity contribution >= 4 is 5.91 Å². The zero-order valence-corrected chi connectivity index (χ0v) is 13.2. The third-order valence-corrected chi connectivity index (χ3v) is 3.90. The Bertz CT molecular complexity index is 621. The Hall–Kier alpha value is -2.33. The first-order valence-corrected chi connectivity index (χ1v) is 7.28. The molecule has 0 radical (unpaired) electrons. The lowest BCUT2D eigenvalue weighted by molar-refractivity contribution is -0.127. The second-order valence-electron chi connectivity index (χ2n) is 5.78. The highest BCUT2D eigenvalue weighted by Crippen LogP contribution is 2.32. The van der Waals surface area contributed by atoms with Crippen molar-refractivity contribution < 1.29 is 9.53 Å². The van der Waals surface area contributed by atoms with Gasteiger partial charge < -0.3 is 4.74 Å². The summed E-state index contributed by atoms with van der Waals surface area (Å²) in [5, 5.41) is 0. The lowest BCUT2D eigenvalue weighted by Crippen LogP contribution is -2.40. The van der Waals surface area contributed by atoms with Gasteiger partial charge in [0.1, 0.15) is 5.75 Å². The van der Waals surface area contributed by atoms with E-state index >= 15 is 0 Å². The number of hydrogen-bond acceptors (Lipinski definition) is 3. The van der Waals surface area contributed by atoms with Crippen LogP contribution in [0.5, 0.6) is 5.75 Å². The van der Waals surface area contributed by atoms with Crippen LogP contribution in [0.4, 0.5) is 0 Å². The van der Waals surface area contributed by atoms with Crippen LogP contribution in [0.15, 0.2) is 54.6 Å². The molecule has 3 N–H and O–H groups in total. The Morgan fingerprint density at radius 3 is 2.14 bits per heavy atom. The van der Waals surface area contributed by atoms with Crippen LogP contribution in [0.3, 0.4) is 0 Å². The Labute approximate surface area is 131 Å². The average molecular weight is 298 g/mol. The van der Waals surface area contributed by atoms with E-state index in [9.17, 15) is 4.79 Å². The van der Waals surface area contributed by atoms with E-state index in [0.29, 0.717) is 5.75 Å². The summed E-state index contributed by atoms with van der Waals surface area (Å²) < 4.78 is 5.55. The first-order valence-electron chi connectivity index (χ1n) is 7.28. The van der Waals surface area contributed by atoms with Crippen molar-refractivity contribution in [2.75, 3.05) is 0 Å². The SMILES string of the molecule is CC(Oc1ccc(C(C)(C)c2ccccc2)cc1)C(=O)NN. The van der Waals surface area contributed by atoms with E-state index in [0.717, 1.165) is 0 Å². The molecule has 0 saturated heterocycles. The van der Waals surface area contributed by atoms with Crippen LogP contribution in [0.2, 0.25) is 0 Å². The minimum atomic E-state index is -0.627. The molecule has 1 atom stereocenters. The topological polar surface area (TPSA) is 64.3 Å². The molecule has 2 aromatic rings. The normalized spacial score (nSPS) is 12.5. The maximum Gasteiger partial charge on any atom is 0.274 e. The van der Waals surface area contributed by atoms with E-state index in [1.807, 2.05) is 42.5 Å². The Balaban J connectivity index is 2.17. The number of amides is 1. The first-order chi connectivity index (χ1) is 10.4. The van der Waals surface area contributed by atoms with E-state index in [1.54, 1.807) is 6.92 Å². The Kier molecular flexibility index (Phi) is 4.83. The molecule has 0 aliphatic rings. The van der Waals surface area contributed by atoms with Gasteiger partial charge in [-0.25, -0.2) is 5.84 Å². The number of benzene rings is 2. The van der Waals surface area contributed by atoms with Crippen LogP contribution < -0.4 is 16.0 Å². The average Bonchev–Trinajstić information content (AvgIpc) is 2.55. The summed E-state index contributed by atoms with van der Waals surface area (Å²) >= 11 is 0. The van der Waals surface area contributed by atoms with E-state index < -0.39 is 6.10 Å². The molecule has 0 fully saturated rings. The standard InChI is InChI=1S/C18H22N2O2/c1-13(17(21)20-19)22-16-11-9-15(10-12-16)18(2,3)14-7-5-4-6-8-14/h4-13H,19H2,1-3H3,(H,20,21). The summed E-state index contributed by atoms with van der Waals surface area (Å²) in [5.41, 5.74) is 4.41. The van der Waals surface area contributed by atoms with Gasteiger partial charge in [-0.15, -0.1) is 0 Å². The summed E-state index contributed by atoms with van der Waals surface area (Å²) in [7, 11) is 0. The molecular weight excluding hydrogens is 276 g/mol. The molecule has 0 spiro atoms. The van der Waals surface area contributed by atoms with Gasteiger partial charge in [0.05, 0.1) is 0 Å². The highest BCUT2D eigenvalue weighted by Gasteiger charge is 2.23. The van der Waals surface area contributed by atoms with E-state index in [4.69, 9.17) is 10.6 Å². The number of nitrogens with one attached hydrogen (secondary N) is 1. The second kappa shape index (κ2) is 6.62. The second-order valence-corrected chi connectivity index (χ2v) is 5.78. The van der Waals surface area contributed by atoms with Crippen molar-refractivity contribution in [1.29, 1.82) is 0 Å². The van der Waals surface area contributed by atoms with Crippen LogP contribution >= 0.6 is 0 Å². The number of hydrazine groups is 1. The lowest BCUT2D eigenvalue weighted by Gasteiger charge is -2.26. The van der Waals surface area contributed by atoms with Crippen molar-refractivity contribution in [3.05, 3.63) is 65.7 Å². The summed E-state index contributed by atoms with van der Waals surface area (Å²) in [4.78, 5) is 11.4. The van der Waals surface area contributed by atoms with Crippen molar-refractivity contribution in [3.63, 3.8) is 0 Å². The molecule has 1 unspecified atom stereocenters. The van der Waals surface area contributed by atoms with Crippen LogP contribution in [-0.4, -0.2) is 12.0 Å². The van der Waals surface area contributed by atoms with Gasteiger partial charge in [-0.05, 0) is 30.2 Å². The predicted molar refractivity (Wildman–Crippen MR) is 87.4 cm³/mol. The quantitative estimate of drug-likeness (QED) is 0.507. The third-order valence-electron chi connectivity index (χ3n) is 3.90. The van der Waals surface area contributed by atoms with Gasteiger partial charge in [0.15, 0.2) is 6.10 Å². The summed E-state index contributed by atoms with van der Waals surface area (Å²) in [5.74, 6) is 5.38. The van der Waals surface area contributed by atoms with E-state index in [-0.39, 0.29) is 11.3 Å². The Morgan fingerprint density at radius 2 is 1.59 bits per heavy atom. The molecule has 0 aliphatic carbocycles. The number of carbonyl (C=O) groups is 1. The minimum Gasteiger partial charge on any atom is -0.481 e. The molecule has 0 bridgehead atoms. The molecule has 1 amide bonds. The monoisotopic (exact) mass is 298 g/mol. The van der Waals surface area contributed by atoms with Crippen molar-refractivity contribution in [2.24, 2.45) is 5.84 Å². The van der Waals surface area contributed by atoms with Crippen LogP contribution in [-0.2, 0) is 10.2 Å². The number of carbonyl (C=O) groups excluding carboxylic acids is 1. The maximum absolute atomic E-state index is 11.4. The number of nitrogens with two attached hydrogens (primary N) is 1. The largest absolute Gasteiger partial charge is 0.481 e. The van der Waals surface area contributed by atoms with E-state index in [1.165, 1.54) is 11.1 Å². The fourth-order valence-corrected chi connectivity index (χ4v) is 2.35. The summed E-state index contributed by atoms with van der Waals surface area (Å²) in [6, 6.07) is 18.1. The Morgan fingerprint density at radius 1 is 1.05 bits per heavy atom. The van der Waals surface area contributed by atoms with Crippen LogP contribution in [0.1, 0.15) is 31.9 Å². The minimum absolute atomic E-state index is 0.0972. The van der Waals surface area contributed by atoms with Gasteiger partial charge in [0.25, 0.3) is 5.91 Å². The molecule has 0 saturated carbocycles. The molecule has 4 heteroatoms. The van der Waals surface area contributed by atoms with Crippen LogP contribution in [0, 0.1) is 0 Å². The highest BCUT2D eigenvalue weighted by molar-refractivity contribution is 5.80. The van der Waals surface area contributed by atoms with Crippen molar-refractivity contribution in [2.45, 2.75) is 32.3 Å². The van der Waals surface area contributed by atoms with Gasteiger partial charge in [0.2, 0.25) is 0 Å². The summed E-state index contributed by atoms with van der Waals surface area (Å²) in [6.07, 6.45) is -0.627. The van der Waals surface area contributed by atoms with Gasteiger partial charge in [0, 0.05) is 5.41 Å². The summed E-state index contributed by atoms with van der Waals surface area (Å²) in [6.45, 7) is 6.02. The van der Waals surface area contributed by atoms with Gasteiger partial charge in [-0.3, -0.25) is 10.2 Å². The van der Waals surface area contributed by atoms with Crippen molar-refractivity contribution in [3.8, 4) is 5.75 Å². The molecule has 2 rings (SSSR count). The number of hydrogen-bond donors (Lipinski definition) is 2. The maximum atomic E-state index is 11.4. The van der Waals surface area contributed by atoms with Gasteiger partial charge in [-0.2, -0.15) is 0 Å². The molecule has 2 aromatic carbocycles. The fourth-order valence-electron chi connectivity index (χ4n) is 2.35. The zero-order valence-electron chi connectivity index (χ0n) is 13.2. The zero-order chi connectivity index (χ0) is 16.2. The van der Waals surface area contributed by atoms with E-state index in [2.05, 4.69) is 31.4 Å². The third kappa shape index (κ3) is 3.46. The number of ether oxygens (including phenoxy) is 1. The molecular formula is C18H22N2O2. The molecule has 116 valence electrons. The molecule has 4 nitrogen and oxygen atoms in total. The lowest BCUT2D eigenvalue weighted by atomic mass is 9.78.